The minimum atomic E-state index is 0.429. The lowest BCUT2D eigenvalue weighted by molar-refractivity contribution is 1.10. The van der Waals surface area contributed by atoms with E-state index in [1.165, 1.54) is 0 Å². The Hall–Kier alpha value is -2.33. The molecule has 0 fully saturated rings. The fraction of sp³-hybridized carbons (Fsp3) is 0.0667. The van der Waals surface area contributed by atoms with Gasteiger partial charge in [0.25, 0.3) is 0 Å². The molecule has 0 amide bonds. The Bertz CT molecular complexity index is 750. The normalized spacial score (nSPS) is 10.7. The van der Waals surface area contributed by atoms with E-state index in [-0.39, 0.29) is 0 Å². The highest BCUT2D eigenvalue weighted by molar-refractivity contribution is 6.30. The smallest absolute Gasteiger partial charge is 0.155 e. The van der Waals surface area contributed by atoms with Crippen molar-refractivity contribution in [3.8, 4) is 22.5 Å². The summed E-state index contributed by atoms with van der Waals surface area (Å²) in [4.78, 5) is 4.35. The molecule has 3 aromatic rings. The third kappa shape index (κ3) is 2.14. The van der Waals surface area contributed by atoms with Gasteiger partial charge in [-0.25, -0.2) is 0 Å². The van der Waals surface area contributed by atoms with Crippen molar-refractivity contribution in [2.45, 2.75) is 6.92 Å². The maximum atomic E-state index is 6.09. The number of pyridine rings is 1. The molecule has 0 aliphatic rings. The lowest BCUT2D eigenvalue weighted by Crippen LogP contribution is -1.91. The number of hydrogen-bond acceptors (Lipinski definition) is 3. The lowest BCUT2D eigenvalue weighted by atomic mass is 10.0. The summed E-state index contributed by atoms with van der Waals surface area (Å²) in [6, 6.07) is 11.4. The predicted octanol–water partition coefficient (Wildman–Crippen LogP) is 3.68. The summed E-state index contributed by atoms with van der Waals surface area (Å²) < 4.78 is 0. The van der Waals surface area contributed by atoms with Gasteiger partial charge in [0, 0.05) is 16.8 Å². The largest absolute Gasteiger partial charge is 0.382 e. The summed E-state index contributed by atoms with van der Waals surface area (Å²) in [6.07, 6.45) is 1.73. The van der Waals surface area contributed by atoms with Crippen LogP contribution in [0.1, 0.15) is 5.56 Å². The van der Waals surface area contributed by atoms with Crippen LogP contribution in [0.3, 0.4) is 0 Å². The second-order valence-electron chi connectivity index (χ2n) is 4.53. The summed E-state index contributed by atoms with van der Waals surface area (Å²) in [5.74, 6) is 0.429. The third-order valence-electron chi connectivity index (χ3n) is 3.18. The van der Waals surface area contributed by atoms with Crippen molar-refractivity contribution in [3.63, 3.8) is 0 Å². The zero-order valence-corrected chi connectivity index (χ0v) is 11.6. The van der Waals surface area contributed by atoms with E-state index >= 15 is 0 Å². The van der Waals surface area contributed by atoms with Crippen LogP contribution in [-0.2, 0) is 0 Å². The van der Waals surface area contributed by atoms with E-state index < -0.39 is 0 Å². The van der Waals surface area contributed by atoms with Gasteiger partial charge in [0.05, 0.1) is 17.0 Å². The Morgan fingerprint density at radius 2 is 2.05 bits per heavy atom. The monoisotopic (exact) mass is 284 g/mol. The maximum Gasteiger partial charge on any atom is 0.155 e. The fourth-order valence-corrected chi connectivity index (χ4v) is 2.36. The minimum Gasteiger partial charge on any atom is -0.382 e. The molecule has 3 N–H and O–H groups in total. The summed E-state index contributed by atoms with van der Waals surface area (Å²) in [7, 11) is 0. The van der Waals surface area contributed by atoms with Crippen molar-refractivity contribution < 1.29 is 0 Å². The zero-order valence-electron chi connectivity index (χ0n) is 10.9. The van der Waals surface area contributed by atoms with Gasteiger partial charge in [-0.1, -0.05) is 23.7 Å². The number of nitrogens with zero attached hydrogens (tertiary/aromatic N) is 2. The number of aryl methyl sites for hydroxylation is 1. The average Bonchev–Trinajstić information content (AvgIpc) is 2.84. The number of halogens is 1. The van der Waals surface area contributed by atoms with Gasteiger partial charge in [-0.3, -0.25) is 10.1 Å². The van der Waals surface area contributed by atoms with Crippen LogP contribution in [0.2, 0.25) is 5.02 Å². The summed E-state index contributed by atoms with van der Waals surface area (Å²) in [6.45, 7) is 2.02. The van der Waals surface area contributed by atoms with Crippen LogP contribution in [0.5, 0.6) is 0 Å². The minimum absolute atomic E-state index is 0.429. The van der Waals surface area contributed by atoms with Crippen LogP contribution in [0.4, 0.5) is 5.82 Å². The number of nitrogens with one attached hydrogen (secondary N) is 1. The highest BCUT2D eigenvalue weighted by Gasteiger charge is 2.17. The molecule has 0 unspecified atom stereocenters. The standard InChI is InChI=1S/C15H13ClN4/c1-9-5-6-10(16)8-11(9)14-13(15(17)20-19-14)12-4-2-3-7-18-12/h2-8H,1H3,(H3,17,19,20). The van der Waals surface area contributed by atoms with Gasteiger partial charge in [0.1, 0.15) is 0 Å². The molecule has 2 aromatic heterocycles. The molecule has 4 nitrogen and oxygen atoms in total. The van der Waals surface area contributed by atoms with Gasteiger partial charge in [-0.2, -0.15) is 5.10 Å². The molecule has 0 saturated heterocycles. The molecule has 0 saturated carbocycles. The molecule has 1 aromatic carbocycles. The van der Waals surface area contributed by atoms with E-state index in [1.54, 1.807) is 6.20 Å². The number of aromatic nitrogens is 3. The first-order valence-corrected chi connectivity index (χ1v) is 6.56. The summed E-state index contributed by atoms with van der Waals surface area (Å²) >= 11 is 6.09. The van der Waals surface area contributed by atoms with Crippen LogP contribution >= 0.6 is 11.6 Å². The number of H-pyrrole nitrogens is 1. The number of anilines is 1. The van der Waals surface area contributed by atoms with Gasteiger partial charge in [-0.05, 0) is 36.8 Å². The van der Waals surface area contributed by atoms with Gasteiger partial charge in [0.15, 0.2) is 5.82 Å². The van der Waals surface area contributed by atoms with Gasteiger partial charge < -0.3 is 5.73 Å². The van der Waals surface area contributed by atoms with Crippen LogP contribution in [0.25, 0.3) is 22.5 Å². The van der Waals surface area contributed by atoms with Gasteiger partial charge in [-0.15, -0.1) is 0 Å². The molecular formula is C15H13ClN4. The van der Waals surface area contributed by atoms with E-state index in [2.05, 4.69) is 15.2 Å². The molecule has 0 aliphatic carbocycles. The maximum absolute atomic E-state index is 6.09. The van der Waals surface area contributed by atoms with Crippen LogP contribution in [0, 0.1) is 6.92 Å². The number of nitrogens with two attached hydrogens (primary N) is 1. The molecule has 100 valence electrons. The predicted molar refractivity (Wildman–Crippen MR) is 81.4 cm³/mol. The molecule has 0 atom stereocenters. The molecule has 2 heterocycles. The molecule has 20 heavy (non-hydrogen) atoms. The highest BCUT2D eigenvalue weighted by Crippen LogP contribution is 2.35. The van der Waals surface area contributed by atoms with Gasteiger partial charge in [0.2, 0.25) is 0 Å². The molecule has 5 heteroatoms. The Kier molecular flexibility index (Phi) is 3.16. The van der Waals surface area contributed by atoms with Crippen molar-refractivity contribution in [2.75, 3.05) is 5.73 Å². The first-order valence-electron chi connectivity index (χ1n) is 6.18. The number of hydrogen-bond donors (Lipinski definition) is 2. The number of nitrogen functional groups attached to an aromatic ring is 1. The van der Waals surface area contributed by atoms with Crippen molar-refractivity contribution >= 4 is 17.4 Å². The molecule has 0 aliphatic heterocycles. The first-order chi connectivity index (χ1) is 9.66. The molecular weight excluding hydrogens is 272 g/mol. The van der Waals surface area contributed by atoms with Crippen molar-refractivity contribution in [3.05, 3.63) is 53.2 Å². The van der Waals surface area contributed by atoms with Crippen LogP contribution < -0.4 is 5.73 Å². The van der Waals surface area contributed by atoms with Gasteiger partial charge >= 0.3 is 0 Å². The third-order valence-corrected chi connectivity index (χ3v) is 3.42. The van der Waals surface area contributed by atoms with Crippen LogP contribution in [0.15, 0.2) is 42.6 Å². The Morgan fingerprint density at radius 3 is 2.80 bits per heavy atom. The second kappa shape index (κ2) is 4.98. The van der Waals surface area contributed by atoms with Crippen molar-refractivity contribution in [1.29, 1.82) is 0 Å². The Balaban J connectivity index is 2.24. The van der Waals surface area contributed by atoms with Crippen molar-refractivity contribution in [1.82, 2.24) is 15.2 Å². The quantitative estimate of drug-likeness (QED) is 0.754. The van der Waals surface area contributed by atoms with Crippen LogP contribution in [-0.4, -0.2) is 15.2 Å². The lowest BCUT2D eigenvalue weighted by Gasteiger charge is -2.07. The Labute approximate surface area is 121 Å². The number of benzene rings is 1. The van der Waals surface area contributed by atoms with E-state index in [4.69, 9.17) is 17.3 Å². The molecule has 0 spiro atoms. The first kappa shape index (κ1) is 12.7. The van der Waals surface area contributed by atoms with E-state index in [9.17, 15) is 0 Å². The molecule has 3 rings (SSSR count). The summed E-state index contributed by atoms with van der Waals surface area (Å²) in [5, 5.41) is 7.77. The average molecular weight is 285 g/mol. The number of aromatic amines is 1. The molecule has 0 radical (unpaired) electrons. The zero-order chi connectivity index (χ0) is 14.1. The molecule has 0 bridgehead atoms. The fourth-order valence-electron chi connectivity index (χ4n) is 2.18. The van der Waals surface area contributed by atoms with E-state index in [0.717, 1.165) is 28.1 Å². The number of rotatable bonds is 2. The van der Waals surface area contributed by atoms with E-state index in [0.29, 0.717) is 10.8 Å². The van der Waals surface area contributed by atoms with Crippen molar-refractivity contribution in [2.24, 2.45) is 0 Å². The Morgan fingerprint density at radius 1 is 1.20 bits per heavy atom. The van der Waals surface area contributed by atoms with E-state index in [1.807, 2.05) is 43.3 Å². The summed E-state index contributed by atoms with van der Waals surface area (Å²) in [5.41, 5.74) is 10.5. The highest BCUT2D eigenvalue weighted by atomic mass is 35.5. The topological polar surface area (TPSA) is 67.6 Å². The SMILES string of the molecule is Cc1ccc(Cl)cc1-c1[nH]nc(N)c1-c1ccccn1. The second-order valence-corrected chi connectivity index (χ2v) is 4.97.